The molecule has 2 aliphatic carbocycles. The number of nitrogens with zero attached hydrogens (tertiary/aromatic N) is 2. The lowest BCUT2D eigenvalue weighted by molar-refractivity contribution is -0.386. The lowest BCUT2D eigenvalue weighted by atomic mass is 9.33. The van der Waals surface area contributed by atoms with Crippen LogP contribution >= 0.6 is 0 Å². The third-order valence-electron chi connectivity index (χ3n) is 11.1. The van der Waals surface area contributed by atoms with Crippen molar-refractivity contribution in [3.63, 3.8) is 0 Å². The summed E-state index contributed by atoms with van der Waals surface area (Å²) in [6, 6.07) is 11.6. The predicted molar refractivity (Wildman–Crippen MR) is 176 cm³/mol. The number of halogens is 18. The number of benzene rings is 5. The van der Waals surface area contributed by atoms with Crippen LogP contribution in [0.1, 0.15) is 22.3 Å². The molecule has 0 saturated carbocycles. The second-order valence-electron chi connectivity index (χ2n) is 14.2. The van der Waals surface area contributed by atoms with Gasteiger partial charge in [-0.3, -0.25) is 0 Å². The summed E-state index contributed by atoms with van der Waals surface area (Å²) in [6.07, 6.45) is 0. The minimum absolute atomic E-state index is 0.140. The molecule has 9 rings (SSSR count). The Hall–Kier alpha value is -5.50. The number of alkyl halides is 16. The third kappa shape index (κ3) is 4.30. The molecular weight excluding hydrogens is 837 g/mol. The van der Waals surface area contributed by atoms with E-state index in [-0.39, 0.29) is 41.7 Å². The van der Waals surface area contributed by atoms with E-state index >= 15 is 43.9 Å². The molecule has 2 aliphatic heterocycles. The Morgan fingerprint density at radius 1 is 0.373 bits per heavy atom. The van der Waals surface area contributed by atoms with Crippen LogP contribution in [0.4, 0.5) is 113 Å². The molecule has 2 nitrogen and oxygen atoms in total. The van der Waals surface area contributed by atoms with Crippen molar-refractivity contribution >= 4 is 57.2 Å². The van der Waals surface area contributed by atoms with Crippen LogP contribution < -0.4 is 26.2 Å². The Bertz CT molecular complexity index is 2460. The molecule has 0 saturated heterocycles. The zero-order valence-electron chi connectivity index (χ0n) is 28.4. The molecule has 0 radical (unpaired) electrons. The second kappa shape index (κ2) is 11.2. The maximum absolute atomic E-state index is 16.5. The summed E-state index contributed by atoms with van der Waals surface area (Å²) in [4.78, 5) is 1.20. The number of fused-ring (bicyclic) bond motifs is 6. The van der Waals surface area contributed by atoms with Crippen LogP contribution in [-0.2, 0) is 23.7 Å². The van der Waals surface area contributed by atoms with Crippen molar-refractivity contribution in [2.24, 2.45) is 0 Å². The quantitative estimate of drug-likeness (QED) is 0.126. The van der Waals surface area contributed by atoms with Crippen LogP contribution in [0.25, 0.3) is 0 Å². The van der Waals surface area contributed by atoms with Gasteiger partial charge >= 0.3 is 47.4 Å². The molecule has 0 aromatic heterocycles. The van der Waals surface area contributed by atoms with Gasteiger partial charge in [-0.05, 0) is 52.8 Å². The first-order valence-electron chi connectivity index (χ1n) is 16.8. The molecule has 0 fully saturated rings. The minimum Gasteiger partial charge on any atom is -0.309 e. The van der Waals surface area contributed by atoms with Crippen LogP contribution in [0, 0.1) is 11.6 Å². The highest BCUT2D eigenvalue weighted by molar-refractivity contribution is 7.00. The van der Waals surface area contributed by atoms with Gasteiger partial charge in [0, 0.05) is 51.1 Å². The van der Waals surface area contributed by atoms with E-state index in [0.717, 1.165) is 24.3 Å². The topological polar surface area (TPSA) is 6.48 Å². The summed E-state index contributed by atoms with van der Waals surface area (Å²) < 4.78 is 277. The largest absolute Gasteiger partial charge is 0.382 e. The average Bonchev–Trinajstić information content (AvgIpc) is 3.17. The first-order chi connectivity index (χ1) is 27.2. The predicted octanol–water partition coefficient (Wildman–Crippen LogP) is 11.0. The molecule has 59 heavy (non-hydrogen) atoms. The van der Waals surface area contributed by atoms with Crippen molar-refractivity contribution in [2.75, 3.05) is 9.80 Å². The van der Waals surface area contributed by atoms with Crippen LogP contribution in [0.2, 0.25) is 0 Å². The molecule has 2 heterocycles. The molecule has 5 aromatic carbocycles. The smallest absolute Gasteiger partial charge is 0.309 e. The van der Waals surface area contributed by atoms with Gasteiger partial charge in [-0.1, -0.05) is 48.5 Å². The molecule has 0 amide bonds. The zero-order chi connectivity index (χ0) is 43.0. The summed E-state index contributed by atoms with van der Waals surface area (Å²) in [7, 11) is 0. The zero-order valence-corrected chi connectivity index (χ0v) is 28.4. The van der Waals surface area contributed by atoms with E-state index in [9.17, 15) is 35.1 Å². The molecule has 0 unspecified atom stereocenters. The van der Waals surface area contributed by atoms with Gasteiger partial charge in [0.25, 0.3) is 6.71 Å². The van der Waals surface area contributed by atoms with Gasteiger partial charge < -0.3 is 9.80 Å². The number of anilines is 6. The van der Waals surface area contributed by atoms with E-state index in [1.165, 1.54) is 36.4 Å². The highest BCUT2D eigenvalue weighted by Crippen LogP contribution is 2.67. The molecule has 0 bridgehead atoms. The van der Waals surface area contributed by atoms with Crippen molar-refractivity contribution in [1.82, 2.24) is 0 Å². The molecule has 21 heteroatoms. The standard InChI is InChI=1S/C38H15BF18N2/c40-24-15-25(41)30-28-29(24)58(16-7-3-1-4-8-16)26-13-20-18(31(42,43)35(50,51)37(54,55)33(20,46)47)11-22(26)39(28)23-12-19-21(14-27(23)59(30)17-9-5-2-6-10-17)34(48,49)38(56,57)36(52,53)32(19,44)45/h1-15H. The fourth-order valence-electron chi connectivity index (χ4n) is 8.32. The van der Waals surface area contributed by atoms with Crippen LogP contribution in [0.5, 0.6) is 0 Å². The second-order valence-corrected chi connectivity index (χ2v) is 14.2. The van der Waals surface area contributed by atoms with E-state index < -0.39 is 127 Å². The number of hydrogen-bond acceptors (Lipinski definition) is 2. The van der Waals surface area contributed by atoms with E-state index in [0.29, 0.717) is 9.80 Å². The average molecular weight is 852 g/mol. The summed E-state index contributed by atoms with van der Waals surface area (Å²) in [5.74, 6) is -55.2. The summed E-state index contributed by atoms with van der Waals surface area (Å²) in [6.45, 7) is -2.45. The summed E-state index contributed by atoms with van der Waals surface area (Å²) >= 11 is 0. The monoisotopic (exact) mass is 852 g/mol. The van der Waals surface area contributed by atoms with Gasteiger partial charge in [0.05, 0.1) is 11.4 Å². The molecule has 4 aliphatic rings. The molecule has 306 valence electrons. The fourth-order valence-corrected chi connectivity index (χ4v) is 8.32. The van der Waals surface area contributed by atoms with Gasteiger partial charge in [-0.2, -0.15) is 70.2 Å². The van der Waals surface area contributed by atoms with E-state index in [1.807, 2.05) is 0 Å². The Labute approximate surface area is 318 Å². The molecule has 0 spiro atoms. The lowest BCUT2D eigenvalue weighted by Gasteiger charge is -2.48. The lowest BCUT2D eigenvalue weighted by Crippen LogP contribution is -2.66. The molecular formula is C38H15BF18N2. The summed E-state index contributed by atoms with van der Waals surface area (Å²) in [5, 5.41) is 0. The van der Waals surface area contributed by atoms with E-state index in [4.69, 9.17) is 0 Å². The molecule has 0 N–H and O–H groups in total. The number of hydrogen-bond donors (Lipinski definition) is 0. The first kappa shape index (κ1) is 39.0. The Kier molecular flexibility index (Phi) is 7.40. The van der Waals surface area contributed by atoms with Crippen molar-refractivity contribution in [2.45, 2.75) is 47.4 Å². The van der Waals surface area contributed by atoms with Gasteiger partial charge in [0.1, 0.15) is 11.6 Å². The first-order valence-corrected chi connectivity index (χ1v) is 16.8. The minimum atomic E-state index is -6.85. The molecule has 5 aromatic rings. The Morgan fingerprint density at radius 3 is 0.966 bits per heavy atom. The number of para-hydroxylation sites is 2. The van der Waals surface area contributed by atoms with Gasteiger partial charge in [0.15, 0.2) is 0 Å². The maximum atomic E-state index is 16.5. The van der Waals surface area contributed by atoms with Crippen molar-refractivity contribution in [3.8, 4) is 0 Å². The Morgan fingerprint density at radius 2 is 0.661 bits per heavy atom. The van der Waals surface area contributed by atoms with Crippen molar-refractivity contribution in [3.05, 3.63) is 125 Å². The van der Waals surface area contributed by atoms with Crippen molar-refractivity contribution < 1.29 is 79.0 Å². The van der Waals surface area contributed by atoms with E-state index in [1.54, 1.807) is 0 Å². The van der Waals surface area contributed by atoms with Crippen LogP contribution in [0.3, 0.4) is 0 Å². The van der Waals surface area contributed by atoms with Gasteiger partial charge in [0.2, 0.25) is 0 Å². The van der Waals surface area contributed by atoms with Gasteiger partial charge in [-0.25, -0.2) is 8.78 Å². The highest BCUT2D eigenvalue weighted by atomic mass is 19.4. The van der Waals surface area contributed by atoms with Crippen molar-refractivity contribution in [1.29, 1.82) is 0 Å². The SMILES string of the molecule is Fc1cc(F)c2c3c1N(c1ccccc1)c1cc4c(cc1B3c1cc3c(cc1N2c1ccccc1)C(F)(F)C(F)(F)C(F)(F)C3(F)F)C(F)(F)C(F)(F)C(F)(F)C4(F)F. The third-order valence-corrected chi connectivity index (χ3v) is 11.1. The van der Waals surface area contributed by atoms with Crippen LogP contribution in [0.15, 0.2) is 91.0 Å². The summed E-state index contributed by atoms with van der Waals surface area (Å²) in [5.41, 5.74) is -17.4. The van der Waals surface area contributed by atoms with Gasteiger partial charge in [-0.15, -0.1) is 0 Å². The number of rotatable bonds is 2. The fraction of sp³-hybridized carbons (Fsp3) is 0.211. The maximum Gasteiger partial charge on any atom is 0.382 e. The van der Waals surface area contributed by atoms with Crippen LogP contribution in [-0.4, -0.2) is 30.4 Å². The molecule has 0 atom stereocenters. The normalized spacial score (nSPS) is 22.4. The Balaban J connectivity index is 1.49. The van der Waals surface area contributed by atoms with E-state index in [2.05, 4.69) is 0 Å². The highest BCUT2D eigenvalue weighted by Gasteiger charge is 2.86.